The molecule has 1 saturated carbocycles. The van der Waals surface area contributed by atoms with Crippen LogP contribution in [0.1, 0.15) is 60.1 Å². The normalized spacial score (nSPS) is 26.7. The third-order valence-electron chi connectivity index (χ3n) is 8.67. The molecule has 3 aliphatic carbocycles. The first kappa shape index (κ1) is 21.5. The van der Waals surface area contributed by atoms with E-state index in [1.54, 1.807) is 4.68 Å². The topological polar surface area (TPSA) is 53.4 Å². The highest BCUT2D eigenvalue weighted by molar-refractivity contribution is 5.68. The Kier molecular flexibility index (Phi) is 5.23. The molecule has 6 rings (SSSR count). The Morgan fingerprint density at radius 3 is 2.82 bits per heavy atom. The van der Waals surface area contributed by atoms with Crippen molar-refractivity contribution in [2.45, 2.75) is 63.5 Å². The summed E-state index contributed by atoms with van der Waals surface area (Å²) in [5.41, 5.74) is 6.84. The highest BCUT2D eigenvalue weighted by Crippen LogP contribution is 2.59. The van der Waals surface area contributed by atoms with Crippen LogP contribution in [0.25, 0.3) is 0 Å². The molecule has 1 aromatic heterocycles. The molecule has 0 aliphatic heterocycles. The zero-order chi connectivity index (χ0) is 23.3. The van der Waals surface area contributed by atoms with Gasteiger partial charge >= 0.3 is 5.97 Å². The standard InChI is InChI=1S/C29H32N2O3/c1-29-13-12-24-23-11-9-22(34-18-19-6-4-3-5-7-19)14-20(23)8-10-25(24)26(29)15-21-16-31(30-28(21)29)17-27(32)33-2/h3-7,9,11,14,16,24-26H,8,10,12-13,15,17-18H2,1-2H3/t24-,25-,26+,29+/m1/s1. The molecule has 176 valence electrons. The number of rotatable bonds is 5. The Balaban J connectivity index is 1.19. The summed E-state index contributed by atoms with van der Waals surface area (Å²) in [6.45, 7) is 3.21. The number of hydrogen-bond acceptors (Lipinski definition) is 4. The molecule has 0 saturated heterocycles. The number of nitrogens with zero attached hydrogens (tertiary/aromatic N) is 2. The van der Waals surface area contributed by atoms with Crippen molar-refractivity contribution in [3.63, 3.8) is 0 Å². The molecule has 34 heavy (non-hydrogen) atoms. The predicted molar refractivity (Wildman–Crippen MR) is 130 cm³/mol. The first-order valence-electron chi connectivity index (χ1n) is 12.5. The van der Waals surface area contributed by atoms with Crippen molar-refractivity contribution in [2.24, 2.45) is 11.8 Å². The molecule has 0 spiro atoms. The van der Waals surface area contributed by atoms with Crippen LogP contribution in [0.3, 0.4) is 0 Å². The first-order valence-corrected chi connectivity index (χ1v) is 12.5. The van der Waals surface area contributed by atoms with Gasteiger partial charge in [-0.1, -0.05) is 43.3 Å². The van der Waals surface area contributed by atoms with Gasteiger partial charge in [0.15, 0.2) is 0 Å². The van der Waals surface area contributed by atoms with Crippen LogP contribution in [0, 0.1) is 11.8 Å². The Labute approximate surface area is 201 Å². The molecule has 0 amide bonds. The summed E-state index contributed by atoms with van der Waals surface area (Å²) in [7, 11) is 1.43. The van der Waals surface area contributed by atoms with Crippen LogP contribution in [0.2, 0.25) is 0 Å². The smallest absolute Gasteiger partial charge is 0.327 e. The Morgan fingerprint density at radius 2 is 2.00 bits per heavy atom. The number of esters is 1. The summed E-state index contributed by atoms with van der Waals surface area (Å²) in [5.74, 6) is 2.66. The van der Waals surface area contributed by atoms with Crippen molar-refractivity contribution < 1.29 is 14.3 Å². The molecule has 5 nitrogen and oxygen atoms in total. The molecular weight excluding hydrogens is 424 g/mol. The molecule has 1 heterocycles. The quantitative estimate of drug-likeness (QED) is 0.495. The third kappa shape index (κ3) is 3.53. The minimum Gasteiger partial charge on any atom is -0.489 e. The van der Waals surface area contributed by atoms with Crippen molar-refractivity contribution in [1.82, 2.24) is 9.78 Å². The van der Waals surface area contributed by atoms with Gasteiger partial charge < -0.3 is 9.47 Å². The number of hydrogen-bond donors (Lipinski definition) is 0. The van der Waals surface area contributed by atoms with E-state index in [4.69, 9.17) is 14.6 Å². The van der Waals surface area contributed by atoms with Gasteiger partial charge in [0.25, 0.3) is 0 Å². The zero-order valence-corrected chi connectivity index (χ0v) is 20.0. The molecule has 0 radical (unpaired) electrons. The fourth-order valence-electron chi connectivity index (χ4n) is 6.99. The fraction of sp³-hybridized carbons (Fsp3) is 0.448. The molecular formula is C29H32N2O3. The van der Waals surface area contributed by atoms with Gasteiger partial charge in [-0.25, -0.2) is 0 Å². The van der Waals surface area contributed by atoms with Crippen molar-refractivity contribution in [3.8, 4) is 5.75 Å². The summed E-state index contributed by atoms with van der Waals surface area (Å²) >= 11 is 0. The van der Waals surface area contributed by atoms with E-state index < -0.39 is 0 Å². The number of carbonyl (C=O) groups excluding carboxylic acids is 1. The van der Waals surface area contributed by atoms with E-state index >= 15 is 0 Å². The van der Waals surface area contributed by atoms with E-state index in [1.165, 1.54) is 47.9 Å². The third-order valence-corrected chi connectivity index (χ3v) is 8.67. The molecule has 5 heteroatoms. The average molecular weight is 457 g/mol. The second-order valence-electron chi connectivity index (χ2n) is 10.5. The fourth-order valence-corrected chi connectivity index (χ4v) is 6.99. The second-order valence-corrected chi connectivity index (χ2v) is 10.5. The number of carbonyl (C=O) groups is 1. The van der Waals surface area contributed by atoms with Crippen LogP contribution < -0.4 is 4.74 Å². The highest BCUT2D eigenvalue weighted by atomic mass is 16.5. The number of ether oxygens (including phenoxy) is 2. The maximum atomic E-state index is 11.7. The van der Waals surface area contributed by atoms with E-state index in [9.17, 15) is 4.79 Å². The Morgan fingerprint density at radius 1 is 1.15 bits per heavy atom. The Hall–Kier alpha value is -3.08. The lowest BCUT2D eigenvalue weighted by Gasteiger charge is -2.49. The lowest BCUT2D eigenvalue weighted by Crippen LogP contribution is -2.43. The number of fused-ring (bicyclic) bond motifs is 7. The molecule has 4 atom stereocenters. The van der Waals surface area contributed by atoms with Crippen LogP contribution in [0.15, 0.2) is 54.7 Å². The highest BCUT2D eigenvalue weighted by Gasteiger charge is 2.54. The number of methoxy groups -OCH3 is 1. The minimum absolute atomic E-state index is 0.105. The predicted octanol–water partition coefficient (Wildman–Crippen LogP) is 5.21. The van der Waals surface area contributed by atoms with Crippen LogP contribution in [-0.2, 0) is 40.9 Å². The van der Waals surface area contributed by atoms with Crippen molar-refractivity contribution in [3.05, 3.63) is 82.7 Å². The summed E-state index contributed by atoms with van der Waals surface area (Å²) < 4.78 is 12.7. The number of aryl methyl sites for hydroxylation is 1. The maximum Gasteiger partial charge on any atom is 0.327 e. The molecule has 3 aliphatic rings. The van der Waals surface area contributed by atoms with E-state index in [2.05, 4.69) is 55.6 Å². The van der Waals surface area contributed by atoms with Crippen molar-refractivity contribution in [1.29, 1.82) is 0 Å². The first-order chi connectivity index (χ1) is 16.5. The zero-order valence-electron chi connectivity index (χ0n) is 20.0. The number of benzene rings is 2. The molecule has 3 aromatic rings. The Bertz CT molecular complexity index is 1220. The van der Waals surface area contributed by atoms with Crippen LogP contribution >= 0.6 is 0 Å². The summed E-state index contributed by atoms with van der Waals surface area (Å²) in [6.07, 6.45) is 7.84. The second kappa shape index (κ2) is 8.30. The van der Waals surface area contributed by atoms with Gasteiger partial charge in [0, 0.05) is 11.6 Å². The van der Waals surface area contributed by atoms with E-state index in [1.807, 2.05) is 6.07 Å². The van der Waals surface area contributed by atoms with Crippen LogP contribution in [0.4, 0.5) is 0 Å². The largest absolute Gasteiger partial charge is 0.489 e. The molecule has 0 unspecified atom stereocenters. The molecule has 1 fully saturated rings. The lowest BCUT2D eigenvalue weighted by atomic mass is 9.55. The van der Waals surface area contributed by atoms with Crippen molar-refractivity contribution >= 4 is 5.97 Å². The molecule has 0 bridgehead atoms. The summed E-state index contributed by atoms with van der Waals surface area (Å²) in [6, 6.07) is 17.1. The van der Waals surface area contributed by atoms with Gasteiger partial charge in [-0.2, -0.15) is 5.10 Å². The van der Waals surface area contributed by atoms with Gasteiger partial charge in [0.05, 0.1) is 12.8 Å². The van der Waals surface area contributed by atoms with E-state index in [-0.39, 0.29) is 17.9 Å². The van der Waals surface area contributed by atoms with Gasteiger partial charge in [-0.15, -0.1) is 0 Å². The van der Waals surface area contributed by atoms with E-state index in [0.717, 1.165) is 25.0 Å². The monoisotopic (exact) mass is 456 g/mol. The van der Waals surface area contributed by atoms with Gasteiger partial charge in [-0.3, -0.25) is 9.48 Å². The minimum atomic E-state index is -0.248. The summed E-state index contributed by atoms with van der Waals surface area (Å²) in [4.78, 5) is 11.7. The van der Waals surface area contributed by atoms with Crippen LogP contribution in [0.5, 0.6) is 5.75 Å². The maximum absolute atomic E-state index is 11.7. The van der Waals surface area contributed by atoms with Gasteiger partial charge in [0.2, 0.25) is 0 Å². The average Bonchev–Trinajstić information content (AvgIpc) is 3.39. The summed E-state index contributed by atoms with van der Waals surface area (Å²) in [5, 5.41) is 4.87. The number of aromatic nitrogens is 2. The van der Waals surface area contributed by atoms with Gasteiger partial charge in [0.1, 0.15) is 18.9 Å². The van der Waals surface area contributed by atoms with E-state index in [0.29, 0.717) is 24.4 Å². The lowest BCUT2D eigenvalue weighted by molar-refractivity contribution is -0.141. The SMILES string of the molecule is COC(=O)Cn1cc2c(n1)[C@@]1(C)CC[C@@H]3c4ccc(OCc5ccccc5)cc4CC[C@H]3[C@@H]1C2. The van der Waals surface area contributed by atoms with Crippen LogP contribution in [-0.4, -0.2) is 22.9 Å². The van der Waals surface area contributed by atoms with Crippen molar-refractivity contribution in [2.75, 3.05) is 7.11 Å². The van der Waals surface area contributed by atoms with Gasteiger partial charge in [-0.05, 0) is 84.2 Å². The molecule has 0 N–H and O–H groups in total. The molecule has 2 aromatic carbocycles.